The number of rotatable bonds is 8. The molecule has 1 amide bonds. The molecule has 0 spiro atoms. The molecule has 2 aromatic carbocycles. The van der Waals surface area contributed by atoms with E-state index in [1.807, 2.05) is 0 Å². The van der Waals surface area contributed by atoms with Gasteiger partial charge in [-0.25, -0.2) is 9.48 Å². The van der Waals surface area contributed by atoms with Crippen molar-refractivity contribution in [1.82, 2.24) is 19.7 Å². The second kappa shape index (κ2) is 10.4. The third kappa shape index (κ3) is 6.37. The molecular formula is C21H19Cl2F3N4O3. The number of benzene rings is 2. The minimum atomic E-state index is -4.49. The number of amides is 1. The summed E-state index contributed by atoms with van der Waals surface area (Å²) < 4.78 is 40.0. The van der Waals surface area contributed by atoms with E-state index in [1.165, 1.54) is 24.3 Å². The summed E-state index contributed by atoms with van der Waals surface area (Å²) in [7, 11) is 0. The molecule has 2 N–H and O–H groups in total. The molecule has 1 unspecified atom stereocenters. The highest BCUT2D eigenvalue weighted by atomic mass is 35.5. The number of aliphatic hydroxyl groups is 1. The van der Waals surface area contributed by atoms with Crippen LogP contribution in [0.2, 0.25) is 10.0 Å². The Morgan fingerprint density at radius 2 is 1.79 bits per heavy atom. The third-order valence-corrected chi connectivity index (χ3v) is 5.33. The Balaban J connectivity index is 1.87. The lowest BCUT2D eigenvalue weighted by Gasteiger charge is -2.17. The van der Waals surface area contributed by atoms with Crippen molar-refractivity contribution < 1.29 is 23.1 Å². The van der Waals surface area contributed by atoms with Crippen LogP contribution >= 0.6 is 23.2 Å². The average Bonchev–Trinajstić information content (AvgIpc) is 3.06. The average molecular weight is 503 g/mol. The standard InChI is InChI=1S/C21H19Cl2F3N4O3/c22-14-7-5-13(6-8-14)19-28-30(20(33)29(19)10-9-21(24,25)26)11-18(32)27-17(12-31)15-3-1-2-4-16(15)23/h1-8,17,31H,9-12H2,(H,27,32). The number of aromatic nitrogens is 3. The summed E-state index contributed by atoms with van der Waals surface area (Å²) in [5.41, 5.74) is -0.0419. The van der Waals surface area contributed by atoms with Crippen molar-refractivity contribution in [2.24, 2.45) is 0 Å². The van der Waals surface area contributed by atoms with E-state index in [-0.39, 0.29) is 5.82 Å². The van der Waals surface area contributed by atoms with E-state index in [9.17, 15) is 27.9 Å². The number of carbonyl (C=O) groups is 1. The number of halogens is 5. The Morgan fingerprint density at radius 1 is 1.12 bits per heavy atom. The van der Waals surface area contributed by atoms with Gasteiger partial charge >= 0.3 is 11.9 Å². The maximum Gasteiger partial charge on any atom is 0.390 e. The summed E-state index contributed by atoms with van der Waals surface area (Å²) in [5, 5.41) is 17.0. The molecule has 0 aliphatic heterocycles. The van der Waals surface area contributed by atoms with Crippen LogP contribution in [0, 0.1) is 0 Å². The van der Waals surface area contributed by atoms with Crippen LogP contribution in [-0.2, 0) is 17.9 Å². The van der Waals surface area contributed by atoms with Crippen molar-refractivity contribution >= 4 is 29.1 Å². The minimum absolute atomic E-state index is 0.0291. The van der Waals surface area contributed by atoms with Crippen molar-refractivity contribution in [3.63, 3.8) is 0 Å². The van der Waals surface area contributed by atoms with Crippen molar-refractivity contribution in [2.75, 3.05) is 6.61 Å². The summed E-state index contributed by atoms with van der Waals surface area (Å²) in [5.74, 6) is -0.710. The van der Waals surface area contributed by atoms with E-state index < -0.39 is 49.9 Å². The molecule has 1 heterocycles. The molecule has 7 nitrogen and oxygen atoms in total. The zero-order chi connectivity index (χ0) is 24.2. The van der Waals surface area contributed by atoms with Gasteiger partial charge in [-0.05, 0) is 35.9 Å². The molecule has 0 bridgehead atoms. The Morgan fingerprint density at radius 3 is 2.39 bits per heavy atom. The molecule has 0 fully saturated rings. The van der Waals surface area contributed by atoms with E-state index in [0.29, 0.717) is 21.2 Å². The summed E-state index contributed by atoms with van der Waals surface area (Å²) in [6.07, 6.45) is -5.73. The van der Waals surface area contributed by atoms with Crippen LogP contribution in [0.15, 0.2) is 53.3 Å². The van der Waals surface area contributed by atoms with E-state index in [4.69, 9.17) is 23.2 Å². The molecular weight excluding hydrogens is 484 g/mol. The lowest BCUT2D eigenvalue weighted by Crippen LogP contribution is -2.37. The largest absolute Gasteiger partial charge is 0.394 e. The van der Waals surface area contributed by atoms with Crippen molar-refractivity contribution in [1.29, 1.82) is 0 Å². The van der Waals surface area contributed by atoms with Crippen LogP contribution in [0.3, 0.4) is 0 Å². The minimum Gasteiger partial charge on any atom is -0.394 e. The SMILES string of the molecule is O=C(Cn1nc(-c2ccc(Cl)cc2)n(CCC(F)(F)F)c1=O)NC(CO)c1ccccc1Cl. The van der Waals surface area contributed by atoms with Gasteiger partial charge in [0.15, 0.2) is 5.82 Å². The van der Waals surface area contributed by atoms with Crippen molar-refractivity contribution in [3.8, 4) is 11.4 Å². The van der Waals surface area contributed by atoms with E-state index in [2.05, 4.69) is 10.4 Å². The van der Waals surface area contributed by atoms with Gasteiger partial charge in [-0.1, -0.05) is 41.4 Å². The first-order valence-corrected chi connectivity index (χ1v) is 10.5. The van der Waals surface area contributed by atoms with E-state index >= 15 is 0 Å². The van der Waals surface area contributed by atoms with Crippen LogP contribution in [-0.4, -0.2) is 38.1 Å². The fourth-order valence-electron chi connectivity index (χ4n) is 3.15. The fourth-order valence-corrected chi connectivity index (χ4v) is 3.55. The normalized spacial score (nSPS) is 12.5. The van der Waals surface area contributed by atoms with Gasteiger partial charge in [0, 0.05) is 22.2 Å². The third-order valence-electron chi connectivity index (χ3n) is 4.74. The van der Waals surface area contributed by atoms with Gasteiger partial charge in [0.25, 0.3) is 0 Å². The van der Waals surface area contributed by atoms with Gasteiger partial charge in [-0.15, -0.1) is 5.10 Å². The quantitative estimate of drug-likeness (QED) is 0.490. The van der Waals surface area contributed by atoms with Crippen LogP contribution < -0.4 is 11.0 Å². The van der Waals surface area contributed by atoms with Crippen LogP contribution in [0.1, 0.15) is 18.0 Å². The lowest BCUT2D eigenvalue weighted by atomic mass is 10.1. The molecule has 0 aliphatic rings. The molecule has 0 aliphatic carbocycles. The predicted molar refractivity (Wildman–Crippen MR) is 117 cm³/mol. The monoisotopic (exact) mass is 502 g/mol. The zero-order valence-corrected chi connectivity index (χ0v) is 18.5. The Labute approximate surface area is 196 Å². The maximum absolute atomic E-state index is 12.8. The molecule has 3 aromatic rings. The topological polar surface area (TPSA) is 89.2 Å². The number of aliphatic hydroxyl groups excluding tert-OH is 1. The summed E-state index contributed by atoms with van der Waals surface area (Å²) in [6.45, 7) is -1.69. The number of hydrogen-bond donors (Lipinski definition) is 2. The number of carbonyl (C=O) groups excluding carboxylic acids is 1. The molecule has 0 saturated carbocycles. The van der Waals surface area contributed by atoms with Gasteiger partial charge < -0.3 is 10.4 Å². The Bertz CT molecular complexity index is 1180. The lowest BCUT2D eigenvalue weighted by molar-refractivity contribution is -0.136. The zero-order valence-electron chi connectivity index (χ0n) is 17.0. The second-order valence-electron chi connectivity index (χ2n) is 7.11. The molecule has 33 heavy (non-hydrogen) atoms. The highest BCUT2D eigenvalue weighted by molar-refractivity contribution is 6.31. The smallest absolute Gasteiger partial charge is 0.390 e. The molecule has 0 radical (unpaired) electrons. The maximum atomic E-state index is 12.8. The molecule has 12 heteroatoms. The molecule has 1 atom stereocenters. The summed E-state index contributed by atoms with van der Waals surface area (Å²) >= 11 is 12.0. The highest BCUT2D eigenvalue weighted by Gasteiger charge is 2.29. The van der Waals surface area contributed by atoms with Crippen LogP contribution in [0.4, 0.5) is 13.2 Å². The predicted octanol–water partition coefficient (Wildman–Crippen LogP) is 3.82. The van der Waals surface area contributed by atoms with Gasteiger partial charge in [0.2, 0.25) is 5.91 Å². The highest BCUT2D eigenvalue weighted by Crippen LogP contribution is 2.24. The van der Waals surface area contributed by atoms with Gasteiger partial charge in [0.1, 0.15) is 6.54 Å². The van der Waals surface area contributed by atoms with Crippen molar-refractivity contribution in [2.45, 2.75) is 31.7 Å². The first kappa shape index (κ1) is 24.8. The van der Waals surface area contributed by atoms with Crippen molar-refractivity contribution in [3.05, 3.63) is 74.6 Å². The van der Waals surface area contributed by atoms with Gasteiger partial charge in [-0.3, -0.25) is 9.36 Å². The van der Waals surface area contributed by atoms with E-state index in [1.54, 1.807) is 24.3 Å². The molecule has 176 valence electrons. The Kier molecular flexibility index (Phi) is 7.83. The summed E-state index contributed by atoms with van der Waals surface area (Å²) in [4.78, 5) is 25.3. The van der Waals surface area contributed by atoms with Crippen LogP contribution in [0.25, 0.3) is 11.4 Å². The summed E-state index contributed by atoms with van der Waals surface area (Å²) in [6, 6.07) is 11.8. The number of alkyl halides is 3. The fraction of sp³-hybridized carbons (Fsp3) is 0.286. The first-order valence-electron chi connectivity index (χ1n) is 9.74. The van der Waals surface area contributed by atoms with E-state index in [0.717, 1.165) is 9.25 Å². The molecule has 0 saturated heterocycles. The number of nitrogens with one attached hydrogen (secondary N) is 1. The number of nitrogens with zero attached hydrogens (tertiary/aromatic N) is 3. The molecule has 3 rings (SSSR count). The van der Waals surface area contributed by atoms with Crippen LogP contribution in [0.5, 0.6) is 0 Å². The number of hydrogen-bond acceptors (Lipinski definition) is 4. The Hall–Kier alpha value is -2.82. The van der Waals surface area contributed by atoms with Gasteiger partial charge in [0.05, 0.1) is 19.1 Å². The van der Waals surface area contributed by atoms with Gasteiger partial charge in [-0.2, -0.15) is 13.2 Å². The second-order valence-corrected chi connectivity index (χ2v) is 7.96. The molecule has 1 aromatic heterocycles. The first-order chi connectivity index (χ1) is 15.6.